The summed E-state index contributed by atoms with van der Waals surface area (Å²) in [5.41, 5.74) is 5.56. The Labute approximate surface area is 179 Å². The molecule has 1 N–H and O–H groups in total. The average Bonchev–Trinajstić information content (AvgIpc) is 3.30. The van der Waals surface area contributed by atoms with Crippen LogP contribution in [0.25, 0.3) is 5.69 Å². The minimum Gasteiger partial charge on any atom is -0.357 e. The highest BCUT2D eigenvalue weighted by atomic mass is 15.3. The van der Waals surface area contributed by atoms with Crippen molar-refractivity contribution in [3.8, 4) is 5.69 Å². The summed E-state index contributed by atoms with van der Waals surface area (Å²) in [7, 11) is 4.05. The lowest BCUT2D eigenvalue weighted by Gasteiger charge is -2.22. The van der Waals surface area contributed by atoms with Crippen molar-refractivity contribution in [3.63, 3.8) is 0 Å². The molecule has 0 saturated heterocycles. The number of nitrogens with zero attached hydrogens (tertiary/aromatic N) is 6. The quantitative estimate of drug-likeness (QED) is 0.480. The Hall–Kier alpha value is -3.09. The van der Waals surface area contributed by atoms with E-state index in [4.69, 9.17) is 4.99 Å². The van der Waals surface area contributed by atoms with E-state index < -0.39 is 0 Å². The first-order valence-corrected chi connectivity index (χ1v) is 10.5. The molecule has 0 amide bonds. The zero-order valence-corrected chi connectivity index (χ0v) is 18.9. The lowest BCUT2D eigenvalue weighted by molar-refractivity contribution is 0.473. The van der Waals surface area contributed by atoms with Gasteiger partial charge < -0.3 is 10.2 Å². The van der Waals surface area contributed by atoms with Crippen molar-refractivity contribution in [2.24, 2.45) is 12.0 Å². The van der Waals surface area contributed by atoms with Crippen LogP contribution in [0.15, 0.2) is 47.7 Å². The highest BCUT2D eigenvalue weighted by Crippen LogP contribution is 2.19. The molecule has 2 heterocycles. The first-order valence-electron chi connectivity index (χ1n) is 10.5. The summed E-state index contributed by atoms with van der Waals surface area (Å²) >= 11 is 0. The van der Waals surface area contributed by atoms with Crippen LogP contribution in [0.4, 0.5) is 0 Å². The second kappa shape index (κ2) is 9.61. The molecule has 0 spiro atoms. The first kappa shape index (κ1) is 21.6. The van der Waals surface area contributed by atoms with Crippen LogP contribution in [-0.4, -0.2) is 44.0 Å². The number of aryl methyl sites for hydroxylation is 2. The highest BCUT2D eigenvalue weighted by Gasteiger charge is 2.15. The minimum atomic E-state index is 0.388. The van der Waals surface area contributed by atoms with E-state index >= 15 is 0 Å². The molecule has 0 radical (unpaired) electrons. The van der Waals surface area contributed by atoms with E-state index in [1.165, 1.54) is 5.56 Å². The van der Waals surface area contributed by atoms with Crippen LogP contribution in [0.5, 0.6) is 0 Å². The van der Waals surface area contributed by atoms with Crippen molar-refractivity contribution in [1.82, 2.24) is 29.8 Å². The van der Waals surface area contributed by atoms with Crippen molar-refractivity contribution < 1.29 is 0 Å². The van der Waals surface area contributed by atoms with Gasteiger partial charge in [-0.05, 0) is 37.5 Å². The molecule has 7 heteroatoms. The number of benzene rings is 1. The van der Waals surface area contributed by atoms with E-state index in [-0.39, 0.29) is 0 Å². The molecule has 0 saturated carbocycles. The van der Waals surface area contributed by atoms with E-state index in [1.54, 1.807) is 0 Å². The van der Waals surface area contributed by atoms with Gasteiger partial charge in [0.1, 0.15) is 0 Å². The number of hydrogen-bond donors (Lipinski definition) is 1. The third kappa shape index (κ3) is 5.09. The molecule has 0 aliphatic rings. The van der Waals surface area contributed by atoms with Gasteiger partial charge in [0, 0.05) is 45.1 Å². The van der Waals surface area contributed by atoms with Crippen LogP contribution in [0, 0.1) is 6.92 Å². The number of nitrogens with one attached hydrogen (secondary N) is 1. The molecule has 0 bridgehead atoms. The van der Waals surface area contributed by atoms with E-state index in [0.29, 0.717) is 12.5 Å². The number of aliphatic imine (C=N–C) groups is 1. The second-order valence-electron chi connectivity index (χ2n) is 7.92. The van der Waals surface area contributed by atoms with E-state index in [9.17, 15) is 0 Å². The average molecular weight is 408 g/mol. The molecule has 160 valence electrons. The summed E-state index contributed by atoms with van der Waals surface area (Å²) in [6, 6.07) is 10.3. The summed E-state index contributed by atoms with van der Waals surface area (Å²) in [5, 5.41) is 12.6. The third-order valence-electron chi connectivity index (χ3n) is 4.95. The monoisotopic (exact) mass is 407 g/mol. The van der Waals surface area contributed by atoms with Crippen LogP contribution in [-0.2, 0) is 20.1 Å². The SMILES string of the molecule is CCNC(=NCc1ccccc1-n1ccc(C)n1)N(C)Cc1cn(C)nc1C(C)C. The number of aromatic nitrogens is 4. The summed E-state index contributed by atoms with van der Waals surface area (Å²) in [5.74, 6) is 1.26. The summed E-state index contributed by atoms with van der Waals surface area (Å²) < 4.78 is 3.81. The summed E-state index contributed by atoms with van der Waals surface area (Å²) in [6.07, 6.45) is 4.09. The smallest absolute Gasteiger partial charge is 0.194 e. The van der Waals surface area contributed by atoms with Crippen LogP contribution in [0.3, 0.4) is 0 Å². The zero-order chi connectivity index (χ0) is 21.7. The predicted molar refractivity (Wildman–Crippen MR) is 122 cm³/mol. The van der Waals surface area contributed by atoms with Gasteiger partial charge in [0.2, 0.25) is 0 Å². The van der Waals surface area contributed by atoms with Crippen molar-refractivity contribution in [2.45, 2.75) is 46.7 Å². The molecule has 1 aromatic carbocycles. The lowest BCUT2D eigenvalue weighted by atomic mass is 10.1. The topological polar surface area (TPSA) is 63.3 Å². The molecular formula is C23H33N7. The molecule has 0 aliphatic carbocycles. The van der Waals surface area contributed by atoms with Crippen LogP contribution in [0.1, 0.15) is 49.2 Å². The summed E-state index contributed by atoms with van der Waals surface area (Å²) in [4.78, 5) is 7.08. The normalized spacial score (nSPS) is 11.9. The van der Waals surface area contributed by atoms with Crippen LogP contribution < -0.4 is 5.32 Å². The Balaban J connectivity index is 1.82. The molecule has 3 rings (SSSR count). The zero-order valence-electron chi connectivity index (χ0n) is 18.9. The van der Waals surface area contributed by atoms with Gasteiger partial charge in [0.15, 0.2) is 5.96 Å². The molecule has 3 aromatic rings. The number of hydrogen-bond acceptors (Lipinski definition) is 3. The minimum absolute atomic E-state index is 0.388. The Kier molecular flexibility index (Phi) is 6.92. The van der Waals surface area contributed by atoms with Gasteiger partial charge in [0.05, 0.1) is 23.6 Å². The Morgan fingerprint density at radius 3 is 2.60 bits per heavy atom. The van der Waals surface area contributed by atoms with E-state index in [2.05, 4.69) is 66.6 Å². The fourth-order valence-electron chi connectivity index (χ4n) is 3.54. The van der Waals surface area contributed by atoms with Gasteiger partial charge in [-0.2, -0.15) is 10.2 Å². The van der Waals surface area contributed by atoms with Gasteiger partial charge in [0.25, 0.3) is 0 Å². The van der Waals surface area contributed by atoms with Gasteiger partial charge in [-0.3, -0.25) is 4.68 Å². The Morgan fingerprint density at radius 1 is 1.17 bits per heavy atom. The van der Waals surface area contributed by atoms with Crippen molar-refractivity contribution >= 4 is 5.96 Å². The van der Waals surface area contributed by atoms with Gasteiger partial charge in [-0.25, -0.2) is 9.67 Å². The van der Waals surface area contributed by atoms with Gasteiger partial charge in [-0.15, -0.1) is 0 Å². The maximum atomic E-state index is 4.92. The van der Waals surface area contributed by atoms with E-state index in [0.717, 1.165) is 41.7 Å². The second-order valence-corrected chi connectivity index (χ2v) is 7.92. The predicted octanol–water partition coefficient (Wildman–Crippen LogP) is 3.64. The first-order chi connectivity index (χ1) is 14.4. The van der Waals surface area contributed by atoms with Crippen molar-refractivity contribution in [3.05, 3.63) is 65.2 Å². The molecule has 30 heavy (non-hydrogen) atoms. The van der Waals surface area contributed by atoms with E-state index in [1.807, 2.05) is 47.7 Å². The number of rotatable bonds is 7. The summed E-state index contributed by atoms with van der Waals surface area (Å²) in [6.45, 7) is 10.6. The Morgan fingerprint density at radius 2 is 1.93 bits per heavy atom. The highest BCUT2D eigenvalue weighted by molar-refractivity contribution is 5.79. The fraction of sp³-hybridized carbons (Fsp3) is 0.435. The molecule has 0 atom stereocenters. The van der Waals surface area contributed by atoms with Crippen molar-refractivity contribution in [1.29, 1.82) is 0 Å². The molecular weight excluding hydrogens is 374 g/mol. The fourth-order valence-corrected chi connectivity index (χ4v) is 3.54. The molecule has 2 aromatic heterocycles. The van der Waals surface area contributed by atoms with Gasteiger partial charge >= 0.3 is 0 Å². The molecule has 0 aliphatic heterocycles. The molecule has 0 fully saturated rings. The number of para-hydroxylation sites is 1. The van der Waals surface area contributed by atoms with Crippen molar-refractivity contribution in [2.75, 3.05) is 13.6 Å². The molecule has 7 nitrogen and oxygen atoms in total. The maximum Gasteiger partial charge on any atom is 0.194 e. The standard InChI is InChI=1S/C23H33N7/c1-7-24-23(28(5)15-20-16-29(6)27-22(20)17(2)3)25-14-19-10-8-9-11-21(19)30-13-12-18(4)26-30/h8-13,16-17H,7,14-15H2,1-6H3,(H,24,25). The van der Waals surface area contributed by atoms with Crippen LogP contribution >= 0.6 is 0 Å². The van der Waals surface area contributed by atoms with Crippen LogP contribution in [0.2, 0.25) is 0 Å². The largest absolute Gasteiger partial charge is 0.357 e. The Bertz CT molecular complexity index is 997. The third-order valence-corrected chi connectivity index (χ3v) is 4.95. The molecule has 0 unspecified atom stereocenters. The number of guanidine groups is 1. The van der Waals surface area contributed by atoms with Gasteiger partial charge in [-0.1, -0.05) is 32.0 Å². The lowest BCUT2D eigenvalue weighted by Crippen LogP contribution is -2.38. The maximum absolute atomic E-state index is 4.92.